The van der Waals surface area contributed by atoms with E-state index in [1.807, 2.05) is 0 Å². The Bertz CT molecular complexity index is 1060. The lowest BCUT2D eigenvalue weighted by atomic mass is 10.0. The number of aromatic hydroxyl groups is 1. The number of H-pyrrole nitrogens is 1. The maximum Gasteiger partial charge on any atom is 0.159 e. The molecule has 2 aromatic heterocycles. The van der Waals surface area contributed by atoms with Crippen LogP contribution in [-0.4, -0.2) is 25.5 Å². The monoisotopic (exact) mass is 332 g/mol. The molecule has 0 spiro atoms. The molecular weight excluding hydrogens is 326 g/mol. The standard InChI is InChI=1S/C15H7ClF2N4O/c16-7-4-6-14-9(20-22-21-14)5-19-15(6)13(18)11(7)12-8(17)2-1-3-10(12)23/h1-5,23H,(H,20,21,22). The molecule has 0 atom stereocenters. The summed E-state index contributed by atoms with van der Waals surface area (Å²) in [6.07, 6.45) is 1.35. The fourth-order valence-electron chi connectivity index (χ4n) is 2.56. The Morgan fingerprint density at radius 1 is 1.09 bits per heavy atom. The molecule has 8 heteroatoms. The molecule has 0 unspecified atom stereocenters. The zero-order valence-electron chi connectivity index (χ0n) is 11.3. The molecule has 2 heterocycles. The van der Waals surface area contributed by atoms with E-state index in [0.29, 0.717) is 16.4 Å². The molecule has 2 N–H and O–H groups in total. The maximum atomic E-state index is 14.9. The van der Waals surface area contributed by atoms with Crippen molar-refractivity contribution in [2.24, 2.45) is 0 Å². The lowest BCUT2D eigenvalue weighted by molar-refractivity contribution is 0.471. The highest BCUT2D eigenvalue weighted by Crippen LogP contribution is 2.41. The van der Waals surface area contributed by atoms with Gasteiger partial charge in [0, 0.05) is 10.9 Å². The molecule has 0 amide bonds. The molecule has 0 saturated carbocycles. The summed E-state index contributed by atoms with van der Waals surface area (Å²) in [5.74, 6) is -2.03. The number of phenols is 1. The molecule has 0 bridgehead atoms. The molecule has 0 saturated heterocycles. The van der Waals surface area contributed by atoms with Crippen molar-refractivity contribution in [2.45, 2.75) is 0 Å². The number of hydrogen-bond acceptors (Lipinski definition) is 4. The minimum Gasteiger partial charge on any atom is -0.507 e. The second-order valence-electron chi connectivity index (χ2n) is 4.89. The first-order valence-electron chi connectivity index (χ1n) is 6.53. The topological polar surface area (TPSA) is 74.7 Å². The summed E-state index contributed by atoms with van der Waals surface area (Å²) in [7, 11) is 0. The Morgan fingerprint density at radius 3 is 2.70 bits per heavy atom. The minimum absolute atomic E-state index is 0.0338. The van der Waals surface area contributed by atoms with Crippen LogP contribution in [-0.2, 0) is 0 Å². The van der Waals surface area contributed by atoms with Crippen LogP contribution < -0.4 is 0 Å². The summed E-state index contributed by atoms with van der Waals surface area (Å²) in [5, 5.41) is 20.4. The molecular formula is C15H7ClF2N4O. The summed E-state index contributed by atoms with van der Waals surface area (Å²) < 4.78 is 29.0. The van der Waals surface area contributed by atoms with Gasteiger partial charge in [0.25, 0.3) is 0 Å². The third-order valence-corrected chi connectivity index (χ3v) is 3.88. The molecule has 0 aliphatic rings. The van der Waals surface area contributed by atoms with Gasteiger partial charge in [-0.3, -0.25) is 4.98 Å². The number of nitrogens with one attached hydrogen (secondary N) is 1. The molecule has 0 aliphatic heterocycles. The van der Waals surface area contributed by atoms with Crippen molar-refractivity contribution in [3.8, 4) is 16.9 Å². The number of halogens is 3. The second kappa shape index (κ2) is 4.85. The van der Waals surface area contributed by atoms with Gasteiger partial charge in [-0.05, 0) is 18.2 Å². The first-order valence-corrected chi connectivity index (χ1v) is 6.90. The van der Waals surface area contributed by atoms with Crippen molar-refractivity contribution in [1.29, 1.82) is 0 Å². The fraction of sp³-hybridized carbons (Fsp3) is 0. The lowest BCUT2D eigenvalue weighted by Gasteiger charge is -2.11. The number of pyridine rings is 1. The smallest absolute Gasteiger partial charge is 0.159 e. The van der Waals surface area contributed by atoms with E-state index >= 15 is 0 Å². The van der Waals surface area contributed by atoms with Crippen LogP contribution in [0.2, 0.25) is 5.02 Å². The van der Waals surface area contributed by atoms with Gasteiger partial charge in [-0.2, -0.15) is 15.4 Å². The molecule has 5 nitrogen and oxygen atoms in total. The van der Waals surface area contributed by atoms with E-state index in [0.717, 1.165) is 6.07 Å². The fourth-order valence-corrected chi connectivity index (χ4v) is 2.84. The molecule has 0 aliphatic carbocycles. The van der Waals surface area contributed by atoms with E-state index in [-0.39, 0.29) is 21.7 Å². The van der Waals surface area contributed by atoms with Crippen molar-refractivity contribution in [2.75, 3.05) is 0 Å². The van der Waals surface area contributed by atoms with Crippen LogP contribution in [0.15, 0.2) is 30.5 Å². The summed E-state index contributed by atoms with van der Waals surface area (Å²) >= 11 is 6.15. The van der Waals surface area contributed by atoms with Crippen LogP contribution in [0.4, 0.5) is 8.78 Å². The molecule has 0 radical (unpaired) electrons. The number of fused-ring (bicyclic) bond motifs is 3. The highest BCUT2D eigenvalue weighted by Gasteiger charge is 2.22. The first-order chi connectivity index (χ1) is 11.1. The number of hydrogen-bond donors (Lipinski definition) is 2. The van der Waals surface area contributed by atoms with Crippen LogP contribution in [0.5, 0.6) is 5.75 Å². The Hall–Kier alpha value is -2.80. The van der Waals surface area contributed by atoms with E-state index in [9.17, 15) is 13.9 Å². The van der Waals surface area contributed by atoms with Crippen LogP contribution in [0.25, 0.3) is 33.1 Å². The van der Waals surface area contributed by atoms with E-state index in [1.165, 1.54) is 24.4 Å². The molecule has 23 heavy (non-hydrogen) atoms. The Kier molecular flexibility index (Phi) is 2.92. The largest absolute Gasteiger partial charge is 0.507 e. The molecule has 4 rings (SSSR count). The quantitative estimate of drug-likeness (QED) is 0.556. The van der Waals surface area contributed by atoms with Gasteiger partial charge in [-0.15, -0.1) is 0 Å². The van der Waals surface area contributed by atoms with Crippen molar-refractivity contribution >= 4 is 33.5 Å². The summed E-state index contributed by atoms with van der Waals surface area (Å²) in [4.78, 5) is 4.01. The third kappa shape index (κ3) is 1.93. The first kappa shape index (κ1) is 13.8. The number of benzene rings is 2. The van der Waals surface area contributed by atoms with Gasteiger partial charge in [0.15, 0.2) is 5.82 Å². The SMILES string of the molecule is Oc1cccc(F)c1-c1c(Cl)cc2c(ncc3n[nH]nc32)c1F. The summed E-state index contributed by atoms with van der Waals surface area (Å²) in [6, 6.07) is 5.12. The van der Waals surface area contributed by atoms with Crippen LogP contribution >= 0.6 is 11.6 Å². The Morgan fingerprint density at radius 2 is 1.91 bits per heavy atom. The van der Waals surface area contributed by atoms with Crippen LogP contribution in [0.1, 0.15) is 0 Å². The van der Waals surface area contributed by atoms with Gasteiger partial charge in [-0.25, -0.2) is 8.78 Å². The van der Waals surface area contributed by atoms with Gasteiger partial charge in [0.2, 0.25) is 0 Å². The zero-order valence-corrected chi connectivity index (χ0v) is 12.1. The van der Waals surface area contributed by atoms with Crippen molar-refractivity contribution < 1.29 is 13.9 Å². The zero-order chi connectivity index (χ0) is 16.1. The number of rotatable bonds is 1. The maximum absolute atomic E-state index is 14.9. The van der Waals surface area contributed by atoms with Gasteiger partial charge < -0.3 is 5.11 Å². The molecule has 0 fully saturated rings. The minimum atomic E-state index is -0.835. The van der Waals surface area contributed by atoms with E-state index in [4.69, 9.17) is 11.6 Å². The second-order valence-corrected chi connectivity index (χ2v) is 5.30. The van der Waals surface area contributed by atoms with Gasteiger partial charge in [0.05, 0.1) is 16.8 Å². The third-order valence-electron chi connectivity index (χ3n) is 3.58. The number of aromatic nitrogens is 4. The van der Waals surface area contributed by atoms with Crippen molar-refractivity contribution in [3.63, 3.8) is 0 Å². The summed E-state index contributed by atoms with van der Waals surface area (Å²) in [6.45, 7) is 0. The Labute approximate surface area is 132 Å². The average molecular weight is 333 g/mol. The van der Waals surface area contributed by atoms with E-state index in [2.05, 4.69) is 20.4 Å². The Balaban J connectivity index is 2.15. The average Bonchev–Trinajstić information content (AvgIpc) is 2.99. The lowest BCUT2D eigenvalue weighted by Crippen LogP contribution is -1.95. The molecule has 2 aromatic carbocycles. The summed E-state index contributed by atoms with van der Waals surface area (Å²) in [5.41, 5.74) is 0.270. The van der Waals surface area contributed by atoms with Crippen LogP contribution in [0.3, 0.4) is 0 Å². The van der Waals surface area contributed by atoms with Crippen LogP contribution in [0, 0.1) is 11.6 Å². The predicted octanol–water partition coefficient (Wildman–Crippen LogP) is 3.81. The van der Waals surface area contributed by atoms with Gasteiger partial charge >= 0.3 is 0 Å². The predicted molar refractivity (Wildman–Crippen MR) is 81.2 cm³/mol. The van der Waals surface area contributed by atoms with Crippen molar-refractivity contribution in [1.82, 2.24) is 20.4 Å². The highest BCUT2D eigenvalue weighted by atomic mass is 35.5. The molecule has 114 valence electrons. The molecule has 4 aromatic rings. The van der Waals surface area contributed by atoms with E-state index < -0.39 is 17.4 Å². The highest BCUT2D eigenvalue weighted by molar-refractivity contribution is 6.34. The van der Waals surface area contributed by atoms with E-state index in [1.54, 1.807) is 0 Å². The van der Waals surface area contributed by atoms with Gasteiger partial charge in [0.1, 0.15) is 28.1 Å². The van der Waals surface area contributed by atoms with Crippen molar-refractivity contribution in [3.05, 3.63) is 47.1 Å². The normalized spacial score (nSPS) is 11.4. The number of phenolic OH excluding ortho intramolecular Hbond substituents is 1. The van der Waals surface area contributed by atoms with Gasteiger partial charge in [-0.1, -0.05) is 17.7 Å². The number of aromatic amines is 1. The number of nitrogens with zero attached hydrogens (tertiary/aromatic N) is 3.